The second-order valence-corrected chi connectivity index (χ2v) is 6.33. The van der Waals surface area contributed by atoms with Gasteiger partial charge in [-0.05, 0) is 32.0 Å². The minimum atomic E-state index is 0.666. The second-order valence-electron chi connectivity index (χ2n) is 6.33. The first-order valence-corrected chi connectivity index (χ1v) is 8.27. The predicted molar refractivity (Wildman–Crippen MR) is 97.5 cm³/mol. The number of nitrogens with zero attached hydrogens (tertiary/aromatic N) is 7. The SMILES string of the molecule is Cc1ncc(C)n2nc(-c3ccc4nc(-c5nccn5C)[nH]c4c3)nc12. The average Bonchev–Trinajstić information content (AvgIpc) is 3.34. The highest BCUT2D eigenvalue weighted by molar-refractivity contribution is 5.83. The molecule has 0 unspecified atom stereocenters. The van der Waals surface area contributed by atoms with Gasteiger partial charge >= 0.3 is 0 Å². The van der Waals surface area contributed by atoms with E-state index >= 15 is 0 Å². The van der Waals surface area contributed by atoms with E-state index in [1.165, 1.54) is 0 Å². The lowest BCUT2D eigenvalue weighted by Crippen LogP contribution is -1.97. The zero-order chi connectivity index (χ0) is 17.8. The van der Waals surface area contributed by atoms with Crippen molar-refractivity contribution >= 4 is 16.7 Å². The molecule has 0 fully saturated rings. The molecule has 128 valence electrons. The van der Waals surface area contributed by atoms with Gasteiger partial charge in [-0.3, -0.25) is 4.98 Å². The van der Waals surface area contributed by atoms with Gasteiger partial charge in [0.05, 0.1) is 22.4 Å². The first-order valence-electron chi connectivity index (χ1n) is 8.27. The Morgan fingerprint density at radius 2 is 1.96 bits per heavy atom. The summed E-state index contributed by atoms with van der Waals surface area (Å²) < 4.78 is 3.76. The van der Waals surface area contributed by atoms with Gasteiger partial charge in [-0.25, -0.2) is 19.5 Å². The first-order chi connectivity index (χ1) is 12.6. The van der Waals surface area contributed by atoms with Gasteiger partial charge < -0.3 is 9.55 Å². The van der Waals surface area contributed by atoms with Crippen LogP contribution in [-0.2, 0) is 7.05 Å². The Bertz CT molecular complexity index is 1230. The minimum absolute atomic E-state index is 0.666. The number of fused-ring (bicyclic) bond motifs is 2. The van der Waals surface area contributed by atoms with Crippen molar-refractivity contribution in [2.75, 3.05) is 0 Å². The summed E-state index contributed by atoms with van der Waals surface area (Å²) in [5, 5.41) is 4.64. The van der Waals surface area contributed by atoms with E-state index < -0.39 is 0 Å². The Hall–Kier alpha value is -3.55. The third-order valence-electron chi connectivity index (χ3n) is 4.48. The molecule has 1 aromatic carbocycles. The number of aryl methyl sites for hydroxylation is 3. The van der Waals surface area contributed by atoms with Crippen LogP contribution in [0.5, 0.6) is 0 Å². The molecule has 26 heavy (non-hydrogen) atoms. The molecule has 0 aliphatic heterocycles. The van der Waals surface area contributed by atoms with Crippen molar-refractivity contribution in [2.24, 2.45) is 7.05 Å². The third-order valence-corrected chi connectivity index (χ3v) is 4.48. The van der Waals surface area contributed by atoms with E-state index in [4.69, 9.17) is 0 Å². The standard InChI is InChI=1S/C18H16N8/c1-10-9-20-11(2)17-23-15(24-26(10)17)12-4-5-13-14(8-12)22-16(21-13)18-19-6-7-25(18)3/h4-9H,1-3H3,(H,21,22). The zero-order valence-corrected chi connectivity index (χ0v) is 14.6. The summed E-state index contributed by atoms with van der Waals surface area (Å²) in [5.74, 6) is 2.20. The van der Waals surface area contributed by atoms with Gasteiger partial charge in [0, 0.05) is 31.2 Å². The van der Waals surface area contributed by atoms with Crippen LogP contribution in [-0.4, -0.2) is 39.1 Å². The second kappa shape index (κ2) is 5.22. The topological polar surface area (TPSA) is 89.6 Å². The predicted octanol–water partition coefficient (Wildman–Crippen LogP) is 2.68. The summed E-state index contributed by atoms with van der Waals surface area (Å²) >= 11 is 0. The molecular weight excluding hydrogens is 328 g/mol. The van der Waals surface area contributed by atoms with Crippen LogP contribution in [0.3, 0.4) is 0 Å². The van der Waals surface area contributed by atoms with Crippen LogP contribution in [0, 0.1) is 13.8 Å². The summed E-state index contributed by atoms with van der Waals surface area (Å²) in [7, 11) is 1.94. The van der Waals surface area contributed by atoms with Crippen molar-refractivity contribution in [3.63, 3.8) is 0 Å². The van der Waals surface area contributed by atoms with E-state index in [2.05, 4.69) is 30.0 Å². The number of benzene rings is 1. The molecule has 0 saturated carbocycles. The number of hydrogen-bond acceptors (Lipinski definition) is 5. The lowest BCUT2D eigenvalue weighted by atomic mass is 10.2. The molecule has 0 aliphatic carbocycles. The molecule has 5 rings (SSSR count). The summed E-state index contributed by atoms with van der Waals surface area (Å²) in [5.41, 5.74) is 5.31. The van der Waals surface area contributed by atoms with Crippen LogP contribution >= 0.6 is 0 Å². The van der Waals surface area contributed by atoms with Crippen molar-refractivity contribution in [1.29, 1.82) is 0 Å². The average molecular weight is 344 g/mol. The van der Waals surface area contributed by atoms with Crippen molar-refractivity contribution < 1.29 is 0 Å². The van der Waals surface area contributed by atoms with Crippen LogP contribution < -0.4 is 0 Å². The molecule has 0 saturated heterocycles. The Morgan fingerprint density at radius 3 is 2.73 bits per heavy atom. The summed E-state index contributed by atoms with van der Waals surface area (Å²) in [6.45, 7) is 3.90. The molecule has 0 radical (unpaired) electrons. The van der Waals surface area contributed by atoms with Crippen molar-refractivity contribution in [3.8, 4) is 23.0 Å². The smallest absolute Gasteiger partial charge is 0.182 e. The molecular formula is C18H16N8. The number of imidazole rings is 2. The molecule has 0 spiro atoms. The van der Waals surface area contributed by atoms with E-state index in [0.717, 1.165) is 45.3 Å². The lowest BCUT2D eigenvalue weighted by Gasteiger charge is -1.97. The van der Waals surface area contributed by atoms with Crippen molar-refractivity contribution in [2.45, 2.75) is 13.8 Å². The number of nitrogens with one attached hydrogen (secondary N) is 1. The maximum absolute atomic E-state index is 4.66. The Labute approximate surface area is 148 Å². The van der Waals surface area contributed by atoms with Gasteiger partial charge in [0.2, 0.25) is 0 Å². The number of rotatable bonds is 2. The zero-order valence-electron chi connectivity index (χ0n) is 14.6. The van der Waals surface area contributed by atoms with Crippen LogP contribution in [0.25, 0.3) is 39.7 Å². The number of hydrogen-bond donors (Lipinski definition) is 1. The highest BCUT2D eigenvalue weighted by Crippen LogP contribution is 2.24. The van der Waals surface area contributed by atoms with Crippen molar-refractivity contribution in [3.05, 3.63) is 48.2 Å². The molecule has 8 heteroatoms. The molecule has 1 N–H and O–H groups in total. The fourth-order valence-electron chi connectivity index (χ4n) is 3.07. The molecule has 5 aromatic rings. The molecule has 0 amide bonds. The fourth-order valence-corrected chi connectivity index (χ4v) is 3.07. The molecule has 8 nitrogen and oxygen atoms in total. The fraction of sp³-hybridized carbons (Fsp3) is 0.167. The molecule has 4 heterocycles. The van der Waals surface area contributed by atoms with E-state index in [-0.39, 0.29) is 0 Å². The summed E-state index contributed by atoms with van der Waals surface area (Å²) in [6, 6.07) is 5.97. The Kier molecular flexibility index (Phi) is 2.96. The van der Waals surface area contributed by atoms with E-state index in [1.54, 1.807) is 12.4 Å². The highest BCUT2D eigenvalue weighted by atomic mass is 15.3. The van der Waals surface area contributed by atoms with Gasteiger partial charge in [-0.2, -0.15) is 0 Å². The molecule has 0 bridgehead atoms. The van der Waals surface area contributed by atoms with Crippen molar-refractivity contribution in [1.82, 2.24) is 39.1 Å². The molecule has 4 aromatic heterocycles. The monoisotopic (exact) mass is 344 g/mol. The van der Waals surface area contributed by atoms with E-state index in [1.807, 2.05) is 54.4 Å². The Morgan fingerprint density at radius 1 is 1.08 bits per heavy atom. The van der Waals surface area contributed by atoms with Gasteiger partial charge in [0.25, 0.3) is 0 Å². The largest absolute Gasteiger partial charge is 0.335 e. The van der Waals surface area contributed by atoms with Gasteiger partial charge in [0.1, 0.15) is 0 Å². The third kappa shape index (κ3) is 2.12. The lowest BCUT2D eigenvalue weighted by molar-refractivity contribution is 0.891. The maximum atomic E-state index is 4.66. The number of aromatic amines is 1. The van der Waals surface area contributed by atoms with Crippen LogP contribution in [0.2, 0.25) is 0 Å². The van der Waals surface area contributed by atoms with E-state index in [9.17, 15) is 0 Å². The Balaban J connectivity index is 1.65. The first kappa shape index (κ1) is 14.8. The van der Waals surface area contributed by atoms with Gasteiger partial charge in [0.15, 0.2) is 23.1 Å². The van der Waals surface area contributed by atoms with Crippen LogP contribution in [0.4, 0.5) is 0 Å². The number of H-pyrrole nitrogens is 1. The van der Waals surface area contributed by atoms with E-state index in [0.29, 0.717) is 5.82 Å². The van der Waals surface area contributed by atoms with Crippen LogP contribution in [0.1, 0.15) is 11.4 Å². The summed E-state index contributed by atoms with van der Waals surface area (Å²) in [6.07, 6.45) is 5.46. The van der Waals surface area contributed by atoms with Gasteiger partial charge in [-0.1, -0.05) is 0 Å². The maximum Gasteiger partial charge on any atom is 0.182 e. The quantitative estimate of drug-likeness (QED) is 0.532. The molecule has 0 aliphatic rings. The highest BCUT2D eigenvalue weighted by Gasteiger charge is 2.13. The number of aromatic nitrogens is 8. The van der Waals surface area contributed by atoms with Crippen LogP contribution in [0.15, 0.2) is 36.8 Å². The molecule has 0 atom stereocenters. The van der Waals surface area contributed by atoms with Gasteiger partial charge in [-0.15, -0.1) is 5.10 Å². The minimum Gasteiger partial charge on any atom is -0.335 e. The summed E-state index contributed by atoms with van der Waals surface area (Å²) in [4.78, 5) is 21.3. The normalized spacial score (nSPS) is 11.7.